The highest BCUT2D eigenvalue weighted by atomic mass is 16.5. The largest absolute Gasteiger partial charge is 0.497 e. The van der Waals surface area contributed by atoms with Gasteiger partial charge in [0.2, 0.25) is 11.8 Å². The Hall–Kier alpha value is -2.04. The fourth-order valence-electron chi connectivity index (χ4n) is 2.20. The Morgan fingerprint density at radius 3 is 2.85 bits per heavy atom. The van der Waals surface area contributed by atoms with Crippen molar-refractivity contribution in [2.45, 2.75) is 26.3 Å². The Bertz CT molecular complexity index is 514. The van der Waals surface area contributed by atoms with E-state index in [0.29, 0.717) is 18.7 Å². The zero-order valence-corrected chi connectivity index (χ0v) is 12.1. The normalized spacial score (nSPS) is 18.5. The molecule has 5 heteroatoms. The van der Waals surface area contributed by atoms with E-state index in [9.17, 15) is 9.59 Å². The molecule has 2 rings (SSSR count). The molecule has 2 amide bonds. The van der Waals surface area contributed by atoms with Crippen LogP contribution in [0.4, 0.5) is 5.69 Å². The van der Waals surface area contributed by atoms with Gasteiger partial charge in [0, 0.05) is 30.6 Å². The first kappa shape index (κ1) is 14.4. The van der Waals surface area contributed by atoms with Gasteiger partial charge in [0.1, 0.15) is 5.75 Å². The van der Waals surface area contributed by atoms with Crippen molar-refractivity contribution in [3.63, 3.8) is 0 Å². The number of benzene rings is 1. The lowest BCUT2D eigenvalue weighted by atomic mass is 10.2. The van der Waals surface area contributed by atoms with Gasteiger partial charge in [-0.25, -0.2) is 0 Å². The summed E-state index contributed by atoms with van der Waals surface area (Å²) < 4.78 is 5.16. The lowest BCUT2D eigenvalue weighted by Crippen LogP contribution is -2.39. The van der Waals surface area contributed by atoms with Crippen LogP contribution in [0.5, 0.6) is 5.75 Å². The second-order valence-electron chi connectivity index (χ2n) is 5.27. The zero-order valence-electron chi connectivity index (χ0n) is 12.1. The number of hydrogen-bond acceptors (Lipinski definition) is 3. The van der Waals surface area contributed by atoms with Gasteiger partial charge >= 0.3 is 0 Å². The van der Waals surface area contributed by atoms with Crippen molar-refractivity contribution >= 4 is 17.5 Å². The van der Waals surface area contributed by atoms with Crippen molar-refractivity contribution in [3.05, 3.63) is 24.3 Å². The lowest BCUT2D eigenvalue weighted by Gasteiger charge is -2.18. The van der Waals surface area contributed by atoms with Gasteiger partial charge in [-0.05, 0) is 12.1 Å². The molecule has 1 aliphatic rings. The van der Waals surface area contributed by atoms with Gasteiger partial charge in [-0.2, -0.15) is 0 Å². The van der Waals surface area contributed by atoms with Crippen molar-refractivity contribution in [1.29, 1.82) is 0 Å². The van der Waals surface area contributed by atoms with Crippen LogP contribution in [0.15, 0.2) is 24.3 Å². The molecular formula is C15H20N2O3. The van der Waals surface area contributed by atoms with Crippen molar-refractivity contribution in [1.82, 2.24) is 5.32 Å². The Kier molecular flexibility index (Phi) is 4.27. The number of nitrogens with zero attached hydrogens (tertiary/aromatic N) is 1. The van der Waals surface area contributed by atoms with Crippen LogP contribution in [-0.4, -0.2) is 31.5 Å². The van der Waals surface area contributed by atoms with Gasteiger partial charge in [0.25, 0.3) is 0 Å². The van der Waals surface area contributed by atoms with Gasteiger partial charge in [-0.1, -0.05) is 19.9 Å². The number of methoxy groups -OCH3 is 1. The highest BCUT2D eigenvalue weighted by Gasteiger charge is 2.32. The smallest absolute Gasteiger partial charge is 0.229 e. The van der Waals surface area contributed by atoms with E-state index < -0.39 is 0 Å². The predicted molar refractivity (Wildman–Crippen MR) is 76.7 cm³/mol. The van der Waals surface area contributed by atoms with E-state index in [-0.39, 0.29) is 23.8 Å². The molecule has 1 saturated heterocycles. The molecule has 1 aromatic rings. The molecule has 1 heterocycles. The minimum Gasteiger partial charge on any atom is -0.497 e. The third kappa shape index (κ3) is 3.10. The fraction of sp³-hybridized carbons (Fsp3) is 0.467. The maximum Gasteiger partial charge on any atom is 0.229 e. The number of carbonyl (C=O) groups is 2. The monoisotopic (exact) mass is 276 g/mol. The molecule has 0 saturated carbocycles. The van der Waals surface area contributed by atoms with E-state index in [4.69, 9.17) is 4.74 Å². The first-order valence-electron chi connectivity index (χ1n) is 6.76. The lowest BCUT2D eigenvalue weighted by molar-refractivity contribution is -0.124. The Balaban J connectivity index is 2.07. The van der Waals surface area contributed by atoms with E-state index >= 15 is 0 Å². The van der Waals surface area contributed by atoms with Crippen molar-refractivity contribution in [2.75, 3.05) is 18.6 Å². The molecule has 0 radical (unpaired) electrons. The first-order valence-corrected chi connectivity index (χ1v) is 6.76. The van der Waals surface area contributed by atoms with Crippen molar-refractivity contribution in [3.8, 4) is 5.75 Å². The average molecular weight is 276 g/mol. The van der Waals surface area contributed by atoms with Crippen LogP contribution in [0, 0.1) is 5.92 Å². The highest BCUT2D eigenvalue weighted by Crippen LogP contribution is 2.25. The molecule has 0 unspecified atom stereocenters. The van der Waals surface area contributed by atoms with Gasteiger partial charge in [0.15, 0.2) is 0 Å². The summed E-state index contributed by atoms with van der Waals surface area (Å²) in [4.78, 5) is 25.4. The fourth-order valence-corrected chi connectivity index (χ4v) is 2.20. The molecule has 0 bridgehead atoms. The van der Waals surface area contributed by atoms with E-state index in [1.54, 1.807) is 12.0 Å². The van der Waals surface area contributed by atoms with Gasteiger partial charge in [-0.15, -0.1) is 0 Å². The number of anilines is 1. The summed E-state index contributed by atoms with van der Waals surface area (Å²) >= 11 is 0. The minimum atomic E-state index is -0.122. The van der Waals surface area contributed by atoms with Crippen LogP contribution in [0.1, 0.15) is 20.3 Å². The molecule has 0 aromatic heterocycles. The quantitative estimate of drug-likeness (QED) is 0.908. The maximum atomic E-state index is 12.1. The number of rotatable bonds is 4. The molecule has 1 N–H and O–H groups in total. The van der Waals surface area contributed by atoms with Gasteiger partial charge < -0.3 is 15.0 Å². The van der Waals surface area contributed by atoms with E-state index in [2.05, 4.69) is 5.32 Å². The summed E-state index contributed by atoms with van der Waals surface area (Å²) in [5.41, 5.74) is 0.802. The van der Waals surface area contributed by atoms with Crippen LogP contribution in [0.3, 0.4) is 0 Å². The topological polar surface area (TPSA) is 58.6 Å². The number of ether oxygens (including phenoxy) is 1. The van der Waals surface area contributed by atoms with Crippen molar-refractivity contribution < 1.29 is 14.3 Å². The highest BCUT2D eigenvalue weighted by molar-refractivity contribution is 5.97. The molecule has 5 nitrogen and oxygen atoms in total. The zero-order chi connectivity index (χ0) is 14.7. The van der Waals surface area contributed by atoms with Gasteiger partial charge in [0.05, 0.1) is 13.2 Å². The molecule has 0 spiro atoms. The number of hydrogen-bond donors (Lipinski definition) is 1. The minimum absolute atomic E-state index is 0.0182. The third-order valence-corrected chi connectivity index (χ3v) is 3.36. The summed E-state index contributed by atoms with van der Waals surface area (Å²) in [6.07, 6.45) is 0.343. The summed E-state index contributed by atoms with van der Waals surface area (Å²) in [5.74, 6) is 0.642. The van der Waals surface area contributed by atoms with Crippen LogP contribution in [0.2, 0.25) is 0 Å². The Morgan fingerprint density at radius 1 is 1.45 bits per heavy atom. The number of amides is 2. The van der Waals surface area contributed by atoms with E-state index in [1.807, 2.05) is 38.1 Å². The molecule has 1 aromatic carbocycles. The standard InChI is InChI=1S/C15H20N2O3/c1-10(2)15(19)16-11-7-14(18)17(9-11)12-5-4-6-13(8-12)20-3/h4-6,8,10-11H,7,9H2,1-3H3,(H,16,19)/t11-/m1/s1. The Labute approximate surface area is 118 Å². The second kappa shape index (κ2) is 5.94. The predicted octanol–water partition coefficient (Wildman–Crippen LogP) is 1.57. The van der Waals surface area contributed by atoms with E-state index in [0.717, 1.165) is 5.69 Å². The molecule has 20 heavy (non-hydrogen) atoms. The Morgan fingerprint density at radius 2 is 2.20 bits per heavy atom. The first-order chi connectivity index (χ1) is 9.51. The van der Waals surface area contributed by atoms with Crippen LogP contribution in [-0.2, 0) is 9.59 Å². The van der Waals surface area contributed by atoms with Gasteiger partial charge in [-0.3, -0.25) is 9.59 Å². The van der Waals surface area contributed by atoms with Crippen LogP contribution >= 0.6 is 0 Å². The summed E-state index contributed by atoms with van der Waals surface area (Å²) in [7, 11) is 1.59. The number of carbonyl (C=O) groups excluding carboxylic acids is 2. The average Bonchev–Trinajstić information content (AvgIpc) is 2.79. The summed E-state index contributed by atoms with van der Waals surface area (Å²) in [5, 5.41) is 2.90. The molecule has 0 aliphatic carbocycles. The molecule has 1 fully saturated rings. The second-order valence-corrected chi connectivity index (χ2v) is 5.27. The van der Waals surface area contributed by atoms with Crippen LogP contribution < -0.4 is 15.0 Å². The van der Waals surface area contributed by atoms with E-state index in [1.165, 1.54) is 0 Å². The third-order valence-electron chi connectivity index (χ3n) is 3.36. The molecule has 1 atom stereocenters. The SMILES string of the molecule is COc1cccc(N2C[C@H](NC(=O)C(C)C)CC2=O)c1. The van der Waals surface area contributed by atoms with Crippen LogP contribution in [0.25, 0.3) is 0 Å². The summed E-state index contributed by atoms with van der Waals surface area (Å²) in [6, 6.07) is 7.25. The summed E-state index contributed by atoms with van der Waals surface area (Å²) in [6.45, 7) is 4.18. The molecule has 1 aliphatic heterocycles. The maximum absolute atomic E-state index is 12.1. The van der Waals surface area contributed by atoms with Crippen molar-refractivity contribution in [2.24, 2.45) is 5.92 Å². The molecule has 108 valence electrons. The number of nitrogens with one attached hydrogen (secondary N) is 1. The molecular weight excluding hydrogens is 256 g/mol.